The summed E-state index contributed by atoms with van der Waals surface area (Å²) in [6.07, 6.45) is 3.63. The summed E-state index contributed by atoms with van der Waals surface area (Å²) in [5.41, 5.74) is 0.518. The average molecular weight is 327 g/mol. The van der Waals surface area contributed by atoms with Crippen molar-refractivity contribution in [3.05, 3.63) is 71.8 Å². The Balaban J connectivity index is 3.10. The third-order valence-electron chi connectivity index (χ3n) is 2.81. The lowest BCUT2D eigenvalue weighted by Gasteiger charge is -2.14. The summed E-state index contributed by atoms with van der Waals surface area (Å²) in [5, 5.41) is -0.910. The van der Waals surface area contributed by atoms with Gasteiger partial charge in [0, 0.05) is 17.0 Å². The van der Waals surface area contributed by atoms with E-state index in [1.165, 1.54) is 42.5 Å². The Morgan fingerprint density at radius 1 is 1.29 bits per heavy atom. The summed E-state index contributed by atoms with van der Waals surface area (Å²) >= 11 is 5.73. The molecule has 4 nitrogen and oxygen atoms in total. The molecule has 1 N–H and O–H groups in total. The molecule has 6 heteroatoms. The maximum atomic E-state index is 12.1. The molecule has 0 fully saturated rings. The number of hydrogen-bond donors (Lipinski definition) is 1. The molecule has 0 saturated heterocycles. The largest absolute Gasteiger partial charge is 0.294 e. The van der Waals surface area contributed by atoms with Gasteiger partial charge in [-0.15, -0.1) is 0 Å². The third kappa shape index (κ3) is 4.97. The van der Waals surface area contributed by atoms with Crippen molar-refractivity contribution in [2.24, 2.45) is 0 Å². The molecule has 1 aromatic carbocycles. The maximum absolute atomic E-state index is 12.1. The van der Waals surface area contributed by atoms with E-state index in [4.69, 9.17) is 11.6 Å². The minimum atomic E-state index is -4.44. The molecule has 0 amide bonds. The van der Waals surface area contributed by atoms with Gasteiger partial charge in [0.15, 0.2) is 5.78 Å². The van der Waals surface area contributed by atoms with Crippen LogP contribution in [0.25, 0.3) is 0 Å². The normalized spacial score (nSPS) is 13.5. The third-order valence-corrected chi connectivity index (χ3v) is 4.22. The van der Waals surface area contributed by atoms with Gasteiger partial charge >= 0.3 is 0 Å². The first-order valence-corrected chi connectivity index (χ1v) is 7.87. The monoisotopic (exact) mass is 326 g/mol. The molecule has 0 aliphatic rings. The van der Waals surface area contributed by atoms with Crippen LogP contribution in [-0.2, 0) is 10.1 Å². The summed E-state index contributed by atoms with van der Waals surface area (Å²) in [5.74, 6) is -0.425. The van der Waals surface area contributed by atoms with E-state index in [0.717, 1.165) is 0 Å². The molecule has 1 aromatic rings. The Morgan fingerprint density at radius 2 is 1.86 bits per heavy atom. The lowest BCUT2D eigenvalue weighted by molar-refractivity contribution is 0.0982. The predicted octanol–water partition coefficient (Wildman–Crippen LogP) is 3.47. The Labute approximate surface area is 129 Å². The smallest absolute Gasteiger partial charge is 0.272 e. The maximum Gasteiger partial charge on any atom is 0.272 e. The van der Waals surface area contributed by atoms with Gasteiger partial charge in [0.25, 0.3) is 10.1 Å². The summed E-state index contributed by atoms with van der Waals surface area (Å²) in [4.78, 5) is 12.1. The van der Waals surface area contributed by atoms with Crippen molar-refractivity contribution in [2.45, 2.75) is 11.7 Å². The molecule has 0 aromatic heterocycles. The summed E-state index contributed by atoms with van der Waals surface area (Å²) in [6.45, 7) is 6.94. The van der Waals surface area contributed by atoms with Crippen LogP contribution in [0.5, 0.6) is 0 Å². The van der Waals surface area contributed by atoms with Gasteiger partial charge in [-0.3, -0.25) is 9.35 Å². The van der Waals surface area contributed by atoms with Gasteiger partial charge < -0.3 is 0 Å². The number of benzene rings is 1. The molecule has 0 saturated carbocycles. The quantitative estimate of drug-likeness (QED) is 0.473. The van der Waals surface area contributed by atoms with Crippen molar-refractivity contribution in [1.82, 2.24) is 0 Å². The Kier molecular flexibility index (Phi) is 6.08. The first kappa shape index (κ1) is 17.4. The fourth-order valence-electron chi connectivity index (χ4n) is 1.76. The molecular weight excluding hydrogens is 312 g/mol. The molecule has 0 spiro atoms. The highest BCUT2D eigenvalue weighted by Gasteiger charge is 2.28. The van der Waals surface area contributed by atoms with E-state index in [9.17, 15) is 17.8 Å². The molecule has 1 rings (SSSR count). The highest BCUT2D eigenvalue weighted by Crippen LogP contribution is 2.20. The number of carbonyl (C=O) groups excluding carboxylic acids is 1. The van der Waals surface area contributed by atoms with Gasteiger partial charge in [-0.25, -0.2) is 0 Å². The standard InChI is InChI=1S/C15H15ClO4S/c1-3-5-11(4-2)15(21(18,19)20)10-14(17)12-6-8-13(16)9-7-12/h3-9,15H,1-2,10H2,(H,18,19,20)/b11-5+. The molecule has 0 heterocycles. The minimum absolute atomic E-state index is 0.204. The van der Waals surface area contributed by atoms with Crippen LogP contribution in [0, 0.1) is 0 Å². The van der Waals surface area contributed by atoms with Crippen molar-refractivity contribution in [3.63, 3.8) is 0 Å². The minimum Gasteiger partial charge on any atom is -0.294 e. The van der Waals surface area contributed by atoms with E-state index in [2.05, 4.69) is 13.2 Å². The second-order valence-electron chi connectivity index (χ2n) is 4.24. The number of rotatable bonds is 7. The highest BCUT2D eigenvalue weighted by molar-refractivity contribution is 7.86. The van der Waals surface area contributed by atoms with Crippen molar-refractivity contribution < 1.29 is 17.8 Å². The van der Waals surface area contributed by atoms with E-state index >= 15 is 0 Å². The molecule has 1 unspecified atom stereocenters. The number of carbonyl (C=O) groups is 1. The van der Waals surface area contributed by atoms with Gasteiger partial charge in [0.1, 0.15) is 5.25 Å². The SMILES string of the molecule is C=C/C=C(\C=C)C(CC(=O)c1ccc(Cl)cc1)S(=O)(=O)O. The molecule has 0 radical (unpaired) electrons. The van der Waals surface area contributed by atoms with Crippen LogP contribution < -0.4 is 0 Å². The zero-order valence-corrected chi connectivity index (χ0v) is 12.8. The summed E-state index contributed by atoms with van der Waals surface area (Å²) in [6, 6.07) is 6.06. The topological polar surface area (TPSA) is 71.4 Å². The lowest BCUT2D eigenvalue weighted by atomic mass is 10.0. The highest BCUT2D eigenvalue weighted by atomic mass is 35.5. The van der Waals surface area contributed by atoms with Gasteiger partial charge in [-0.05, 0) is 29.8 Å². The van der Waals surface area contributed by atoms with Crippen LogP contribution in [0.3, 0.4) is 0 Å². The van der Waals surface area contributed by atoms with Gasteiger partial charge in [-0.2, -0.15) is 8.42 Å². The van der Waals surface area contributed by atoms with Crippen molar-refractivity contribution in [1.29, 1.82) is 0 Å². The second-order valence-corrected chi connectivity index (χ2v) is 6.28. The number of ketones is 1. The van der Waals surface area contributed by atoms with Crippen LogP contribution in [0.1, 0.15) is 16.8 Å². The van der Waals surface area contributed by atoms with E-state index in [1.807, 2.05) is 0 Å². The van der Waals surface area contributed by atoms with Crippen LogP contribution in [0.15, 0.2) is 61.2 Å². The Hall–Kier alpha value is -1.69. The van der Waals surface area contributed by atoms with E-state index in [0.29, 0.717) is 10.6 Å². The molecule has 0 aliphatic heterocycles. The number of hydrogen-bond acceptors (Lipinski definition) is 3. The van der Waals surface area contributed by atoms with E-state index in [-0.39, 0.29) is 5.57 Å². The van der Waals surface area contributed by atoms with Gasteiger partial charge in [0.2, 0.25) is 0 Å². The van der Waals surface area contributed by atoms with Crippen molar-refractivity contribution in [3.8, 4) is 0 Å². The van der Waals surface area contributed by atoms with E-state index < -0.39 is 27.6 Å². The van der Waals surface area contributed by atoms with Crippen LogP contribution in [0.2, 0.25) is 5.02 Å². The zero-order chi connectivity index (χ0) is 16.0. The fraction of sp³-hybridized carbons (Fsp3) is 0.133. The van der Waals surface area contributed by atoms with Crippen LogP contribution in [-0.4, -0.2) is 24.0 Å². The lowest BCUT2D eigenvalue weighted by Crippen LogP contribution is -2.25. The fourth-order valence-corrected chi connectivity index (χ4v) is 2.77. The molecule has 0 bridgehead atoms. The molecule has 21 heavy (non-hydrogen) atoms. The summed E-state index contributed by atoms with van der Waals surface area (Å²) in [7, 11) is -4.44. The van der Waals surface area contributed by atoms with Gasteiger partial charge in [-0.1, -0.05) is 43.0 Å². The molecular formula is C15H15ClO4S. The van der Waals surface area contributed by atoms with Crippen LogP contribution >= 0.6 is 11.6 Å². The first-order chi connectivity index (χ1) is 9.79. The average Bonchev–Trinajstić information content (AvgIpc) is 2.42. The number of halogens is 1. The van der Waals surface area contributed by atoms with E-state index in [1.54, 1.807) is 0 Å². The first-order valence-electron chi connectivity index (χ1n) is 5.99. The predicted molar refractivity (Wildman–Crippen MR) is 84.2 cm³/mol. The van der Waals surface area contributed by atoms with Gasteiger partial charge in [0.05, 0.1) is 0 Å². The van der Waals surface area contributed by atoms with Crippen molar-refractivity contribution in [2.75, 3.05) is 0 Å². The molecule has 112 valence electrons. The number of Topliss-reactive ketones (excluding diaryl/α,β-unsaturated/α-hetero) is 1. The number of allylic oxidation sites excluding steroid dienone is 3. The Bertz CT molecular complexity index is 672. The summed E-state index contributed by atoms with van der Waals surface area (Å²) < 4.78 is 32.3. The zero-order valence-electron chi connectivity index (χ0n) is 11.2. The second kappa shape index (κ2) is 7.36. The van der Waals surface area contributed by atoms with Crippen molar-refractivity contribution >= 4 is 27.5 Å². The molecule has 1 atom stereocenters. The molecule has 0 aliphatic carbocycles. The van der Waals surface area contributed by atoms with Crippen LogP contribution in [0.4, 0.5) is 0 Å². The Morgan fingerprint density at radius 3 is 2.29 bits per heavy atom.